The van der Waals surface area contributed by atoms with Gasteiger partial charge in [0, 0.05) is 4.88 Å². The summed E-state index contributed by atoms with van der Waals surface area (Å²) in [6, 6.07) is 4.02. The molecule has 0 amide bonds. The first-order chi connectivity index (χ1) is 6.10. The van der Waals surface area contributed by atoms with E-state index in [2.05, 4.69) is 13.0 Å². The van der Waals surface area contributed by atoms with Crippen LogP contribution in [0, 0.1) is 5.92 Å². The van der Waals surface area contributed by atoms with Crippen molar-refractivity contribution in [3.8, 4) is 0 Å². The minimum atomic E-state index is -0.0861. The summed E-state index contributed by atoms with van der Waals surface area (Å²) in [5.41, 5.74) is 6.25. The van der Waals surface area contributed by atoms with E-state index in [1.807, 2.05) is 6.07 Å². The van der Waals surface area contributed by atoms with Crippen LogP contribution in [0.25, 0.3) is 0 Å². The zero-order chi connectivity index (χ0) is 9.47. The highest BCUT2D eigenvalue weighted by Gasteiger charge is 2.36. The summed E-state index contributed by atoms with van der Waals surface area (Å²) in [6.07, 6.45) is 3.45. The average Bonchev–Trinajstić information content (AvgIpc) is 2.60. The molecule has 0 bridgehead atoms. The molecule has 3 heteroatoms. The van der Waals surface area contributed by atoms with Crippen LogP contribution in [0.15, 0.2) is 12.1 Å². The van der Waals surface area contributed by atoms with Crippen LogP contribution in [0.2, 0.25) is 4.34 Å². The van der Waals surface area contributed by atoms with Crippen LogP contribution in [0.1, 0.15) is 31.1 Å². The molecule has 0 radical (unpaired) electrons. The average molecular weight is 216 g/mol. The minimum absolute atomic E-state index is 0.0861. The Balaban J connectivity index is 2.25. The standard InChI is InChI=1S/C10H14ClNS/c1-7-4-5-10(12,6-7)8-2-3-9(11)13-8/h2-3,7H,4-6,12H2,1H3. The van der Waals surface area contributed by atoms with Gasteiger partial charge in [-0.15, -0.1) is 11.3 Å². The predicted molar refractivity (Wildman–Crippen MR) is 58.2 cm³/mol. The molecule has 1 fully saturated rings. The second kappa shape index (κ2) is 3.26. The third-order valence-corrected chi connectivity index (χ3v) is 4.31. The van der Waals surface area contributed by atoms with Gasteiger partial charge in [0.25, 0.3) is 0 Å². The first-order valence-corrected chi connectivity index (χ1v) is 5.84. The first kappa shape index (κ1) is 9.50. The number of nitrogens with two attached hydrogens (primary N) is 1. The fourth-order valence-electron chi connectivity index (χ4n) is 2.14. The predicted octanol–water partition coefficient (Wildman–Crippen LogP) is 3.38. The van der Waals surface area contributed by atoms with Crippen LogP contribution in [0.3, 0.4) is 0 Å². The van der Waals surface area contributed by atoms with Crippen molar-refractivity contribution in [2.75, 3.05) is 0 Å². The van der Waals surface area contributed by atoms with Gasteiger partial charge in [-0.25, -0.2) is 0 Å². The Morgan fingerprint density at radius 1 is 1.62 bits per heavy atom. The molecule has 0 spiro atoms. The molecule has 1 aromatic heterocycles. The van der Waals surface area contributed by atoms with E-state index >= 15 is 0 Å². The molecule has 1 heterocycles. The second-order valence-electron chi connectivity index (χ2n) is 4.11. The van der Waals surface area contributed by atoms with Crippen molar-refractivity contribution in [3.05, 3.63) is 21.3 Å². The summed E-state index contributed by atoms with van der Waals surface area (Å²) < 4.78 is 0.847. The van der Waals surface area contributed by atoms with E-state index < -0.39 is 0 Å². The molecule has 72 valence electrons. The zero-order valence-electron chi connectivity index (χ0n) is 7.72. The van der Waals surface area contributed by atoms with E-state index in [1.165, 1.54) is 11.3 Å². The Kier molecular flexibility index (Phi) is 2.39. The highest BCUT2D eigenvalue weighted by atomic mass is 35.5. The van der Waals surface area contributed by atoms with Gasteiger partial charge < -0.3 is 5.73 Å². The summed E-state index contributed by atoms with van der Waals surface area (Å²) in [7, 11) is 0. The Hall–Kier alpha value is -0.0500. The maximum atomic E-state index is 6.34. The summed E-state index contributed by atoms with van der Waals surface area (Å²) in [6.45, 7) is 2.27. The molecule has 1 saturated carbocycles. The normalized spacial score (nSPS) is 33.9. The lowest BCUT2D eigenvalue weighted by molar-refractivity contribution is 0.449. The van der Waals surface area contributed by atoms with Gasteiger partial charge in [0.1, 0.15) is 0 Å². The largest absolute Gasteiger partial charge is 0.321 e. The van der Waals surface area contributed by atoms with E-state index in [4.69, 9.17) is 17.3 Å². The van der Waals surface area contributed by atoms with Gasteiger partial charge in [-0.2, -0.15) is 0 Å². The highest BCUT2D eigenvalue weighted by molar-refractivity contribution is 7.16. The smallest absolute Gasteiger partial charge is 0.0931 e. The van der Waals surface area contributed by atoms with Crippen molar-refractivity contribution in [2.45, 2.75) is 31.7 Å². The lowest BCUT2D eigenvalue weighted by Gasteiger charge is -2.22. The molecule has 1 aliphatic carbocycles. The van der Waals surface area contributed by atoms with E-state index in [-0.39, 0.29) is 5.54 Å². The van der Waals surface area contributed by atoms with Gasteiger partial charge in [-0.3, -0.25) is 0 Å². The molecule has 1 aromatic rings. The molecule has 0 saturated heterocycles. The molecule has 1 nitrogen and oxygen atoms in total. The van der Waals surface area contributed by atoms with Crippen molar-refractivity contribution in [2.24, 2.45) is 11.7 Å². The Morgan fingerprint density at radius 3 is 2.85 bits per heavy atom. The lowest BCUT2D eigenvalue weighted by atomic mass is 9.96. The van der Waals surface area contributed by atoms with Crippen molar-refractivity contribution in [1.29, 1.82) is 0 Å². The fourth-order valence-corrected chi connectivity index (χ4v) is 3.32. The molecule has 13 heavy (non-hydrogen) atoms. The minimum Gasteiger partial charge on any atom is -0.321 e. The van der Waals surface area contributed by atoms with Gasteiger partial charge in [0.15, 0.2) is 0 Å². The SMILES string of the molecule is CC1CCC(N)(c2ccc(Cl)s2)C1. The molecule has 2 unspecified atom stereocenters. The van der Waals surface area contributed by atoms with Crippen LogP contribution in [-0.4, -0.2) is 0 Å². The molecular formula is C10H14ClNS. The van der Waals surface area contributed by atoms with Gasteiger partial charge in [-0.05, 0) is 37.3 Å². The molecular weight excluding hydrogens is 202 g/mol. The maximum Gasteiger partial charge on any atom is 0.0931 e. The first-order valence-electron chi connectivity index (χ1n) is 4.65. The van der Waals surface area contributed by atoms with Gasteiger partial charge >= 0.3 is 0 Å². The van der Waals surface area contributed by atoms with Crippen LogP contribution < -0.4 is 5.73 Å². The monoisotopic (exact) mass is 215 g/mol. The fraction of sp³-hybridized carbons (Fsp3) is 0.600. The van der Waals surface area contributed by atoms with E-state index in [9.17, 15) is 0 Å². The molecule has 2 atom stereocenters. The number of thiophene rings is 1. The number of rotatable bonds is 1. The number of hydrogen-bond donors (Lipinski definition) is 1. The Morgan fingerprint density at radius 2 is 2.38 bits per heavy atom. The van der Waals surface area contributed by atoms with E-state index in [0.29, 0.717) is 0 Å². The lowest BCUT2D eigenvalue weighted by Crippen LogP contribution is -2.32. The third-order valence-electron chi connectivity index (χ3n) is 2.86. The Labute approximate surface area is 87.9 Å². The molecule has 2 N–H and O–H groups in total. The summed E-state index contributed by atoms with van der Waals surface area (Å²) in [4.78, 5) is 1.25. The van der Waals surface area contributed by atoms with Gasteiger partial charge in [0.05, 0.1) is 9.88 Å². The van der Waals surface area contributed by atoms with Crippen LogP contribution in [-0.2, 0) is 5.54 Å². The van der Waals surface area contributed by atoms with Crippen molar-refractivity contribution >= 4 is 22.9 Å². The summed E-state index contributed by atoms with van der Waals surface area (Å²) in [5, 5.41) is 0. The van der Waals surface area contributed by atoms with Gasteiger partial charge in [0.2, 0.25) is 0 Å². The Bertz CT molecular complexity index is 310. The molecule has 1 aliphatic rings. The van der Waals surface area contributed by atoms with Crippen LogP contribution >= 0.6 is 22.9 Å². The quantitative estimate of drug-likeness (QED) is 0.764. The van der Waals surface area contributed by atoms with Crippen LogP contribution in [0.4, 0.5) is 0 Å². The molecule has 2 rings (SSSR count). The maximum absolute atomic E-state index is 6.34. The van der Waals surface area contributed by atoms with Crippen molar-refractivity contribution in [1.82, 2.24) is 0 Å². The number of hydrogen-bond acceptors (Lipinski definition) is 2. The highest BCUT2D eigenvalue weighted by Crippen LogP contribution is 2.43. The van der Waals surface area contributed by atoms with E-state index in [0.717, 1.165) is 23.1 Å². The van der Waals surface area contributed by atoms with Crippen molar-refractivity contribution in [3.63, 3.8) is 0 Å². The third kappa shape index (κ3) is 1.76. The summed E-state index contributed by atoms with van der Waals surface area (Å²) >= 11 is 7.53. The van der Waals surface area contributed by atoms with Crippen molar-refractivity contribution < 1.29 is 0 Å². The second-order valence-corrected chi connectivity index (χ2v) is 5.82. The number of halogens is 1. The van der Waals surface area contributed by atoms with E-state index in [1.54, 1.807) is 11.3 Å². The van der Waals surface area contributed by atoms with Crippen LogP contribution in [0.5, 0.6) is 0 Å². The van der Waals surface area contributed by atoms with Gasteiger partial charge in [-0.1, -0.05) is 18.5 Å². The molecule has 0 aromatic carbocycles. The zero-order valence-corrected chi connectivity index (χ0v) is 9.29. The molecule has 0 aliphatic heterocycles. The topological polar surface area (TPSA) is 26.0 Å². The summed E-state index contributed by atoms with van der Waals surface area (Å²) in [5.74, 6) is 0.755.